The van der Waals surface area contributed by atoms with Gasteiger partial charge in [0.05, 0.1) is 21.1 Å². The third-order valence-corrected chi connectivity index (χ3v) is 4.00. The van der Waals surface area contributed by atoms with Gasteiger partial charge in [0.25, 0.3) is 0 Å². The van der Waals surface area contributed by atoms with E-state index in [1.807, 2.05) is 6.07 Å². The molecule has 0 aliphatic heterocycles. The van der Waals surface area contributed by atoms with Crippen molar-refractivity contribution in [3.63, 3.8) is 0 Å². The van der Waals surface area contributed by atoms with Gasteiger partial charge < -0.3 is 5.32 Å². The molecule has 1 N–H and O–H groups in total. The SMILES string of the molecule is CNC(c1ccc(Cl)c(F)c1)c1cccc(Cl)c1Cl. The largest absolute Gasteiger partial charge is 0.309 e. The van der Waals surface area contributed by atoms with Crippen LogP contribution in [0.5, 0.6) is 0 Å². The van der Waals surface area contributed by atoms with Crippen molar-refractivity contribution in [1.82, 2.24) is 5.32 Å². The Balaban J connectivity index is 2.50. The van der Waals surface area contributed by atoms with Crippen LogP contribution in [0.4, 0.5) is 4.39 Å². The second kappa shape index (κ2) is 6.10. The maximum absolute atomic E-state index is 13.6. The minimum atomic E-state index is -0.461. The molecule has 19 heavy (non-hydrogen) atoms. The predicted octanol–water partition coefficient (Wildman–Crippen LogP) is 5.09. The molecule has 0 aliphatic carbocycles. The first-order valence-electron chi connectivity index (χ1n) is 5.60. The summed E-state index contributed by atoms with van der Waals surface area (Å²) in [6, 6.07) is 9.78. The summed E-state index contributed by atoms with van der Waals surface area (Å²) in [6.07, 6.45) is 0. The first-order valence-corrected chi connectivity index (χ1v) is 6.74. The van der Waals surface area contributed by atoms with Crippen molar-refractivity contribution in [2.24, 2.45) is 0 Å². The quantitative estimate of drug-likeness (QED) is 0.830. The van der Waals surface area contributed by atoms with E-state index in [1.54, 1.807) is 25.2 Å². The standard InChI is InChI=1S/C14H11Cl3FN/c1-19-14(8-5-6-10(15)12(18)7-8)9-3-2-4-11(16)13(9)17/h2-7,14,19H,1H3. The first-order chi connectivity index (χ1) is 9.04. The van der Waals surface area contributed by atoms with E-state index in [1.165, 1.54) is 12.1 Å². The number of halogens is 4. The lowest BCUT2D eigenvalue weighted by atomic mass is 9.98. The number of hydrogen-bond acceptors (Lipinski definition) is 1. The lowest BCUT2D eigenvalue weighted by Crippen LogP contribution is -2.18. The molecule has 1 nitrogen and oxygen atoms in total. The van der Waals surface area contributed by atoms with Crippen LogP contribution >= 0.6 is 34.8 Å². The zero-order valence-corrected chi connectivity index (χ0v) is 12.3. The van der Waals surface area contributed by atoms with Crippen LogP contribution in [-0.4, -0.2) is 7.05 Å². The van der Waals surface area contributed by atoms with Gasteiger partial charge in [-0.1, -0.05) is 53.0 Å². The molecule has 2 aromatic rings. The Hall–Kier alpha value is -0.800. The zero-order valence-electron chi connectivity index (χ0n) is 10.1. The van der Waals surface area contributed by atoms with Crippen LogP contribution in [0.1, 0.15) is 17.2 Å². The molecule has 0 bridgehead atoms. The highest BCUT2D eigenvalue weighted by atomic mass is 35.5. The van der Waals surface area contributed by atoms with Gasteiger partial charge >= 0.3 is 0 Å². The molecule has 100 valence electrons. The maximum Gasteiger partial charge on any atom is 0.142 e. The molecule has 0 heterocycles. The van der Waals surface area contributed by atoms with Gasteiger partial charge in [0.2, 0.25) is 0 Å². The fraction of sp³-hybridized carbons (Fsp3) is 0.143. The monoisotopic (exact) mass is 317 g/mol. The third-order valence-electron chi connectivity index (χ3n) is 2.86. The molecule has 0 aromatic heterocycles. The van der Waals surface area contributed by atoms with Crippen molar-refractivity contribution in [1.29, 1.82) is 0 Å². The lowest BCUT2D eigenvalue weighted by molar-refractivity contribution is 0.617. The van der Waals surface area contributed by atoms with Crippen LogP contribution in [0.25, 0.3) is 0 Å². The minimum Gasteiger partial charge on any atom is -0.309 e. The molecule has 0 radical (unpaired) electrons. The molecule has 2 aromatic carbocycles. The molecule has 0 aliphatic rings. The van der Waals surface area contributed by atoms with E-state index in [4.69, 9.17) is 34.8 Å². The molecule has 1 atom stereocenters. The van der Waals surface area contributed by atoms with Gasteiger partial charge in [0.1, 0.15) is 5.82 Å². The van der Waals surface area contributed by atoms with Crippen molar-refractivity contribution in [2.45, 2.75) is 6.04 Å². The van der Waals surface area contributed by atoms with Gasteiger partial charge in [-0.25, -0.2) is 4.39 Å². The van der Waals surface area contributed by atoms with E-state index >= 15 is 0 Å². The Kier molecular flexibility index (Phi) is 4.69. The Bertz CT molecular complexity index is 601. The van der Waals surface area contributed by atoms with Gasteiger partial charge in [-0.3, -0.25) is 0 Å². The third kappa shape index (κ3) is 3.03. The number of nitrogens with one attached hydrogen (secondary N) is 1. The van der Waals surface area contributed by atoms with Gasteiger partial charge in [0, 0.05) is 0 Å². The summed E-state index contributed by atoms with van der Waals surface area (Å²) in [5.74, 6) is -0.461. The predicted molar refractivity (Wildman–Crippen MR) is 78.8 cm³/mol. The van der Waals surface area contributed by atoms with Gasteiger partial charge in [0.15, 0.2) is 0 Å². The van der Waals surface area contributed by atoms with Crippen LogP contribution in [-0.2, 0) is 0 Å². The van der Waals surface area contributed by atoms with E-state index in [0.717, 1.165) is 11.1 Å². The molecule has 1 unspecified atom stereocenters. The van der Waals surface area contributed by atoms with Crippen LogP contribution in [0.3, 0.4) is 0 Å². The van der Waals surface area contributed by atoms with Crippen molar-refractivity contribution >= 4 is 34.8 Å². The van der Waals surface area contributed by atoms with Crippen LogP contribution < -0.4 is 5.32 Å². The van der Waals surface area contributed by atoms with Crippen LogP contribution in [0.2, 0.25) is 15.1 Å². The molecule has 5 heteroatoms. The Labute approximate surface area is 126 Å². The molecule has 0 amide bonds. The summed E-state index contributed by atoms with van der Waals surface area (Å²) in [5, 5.41) is 4.11. The molecular weight excluding hydrogens is 308 g/mol. The summed E-state index contributed by atoms with van der Waals surface area (Å²) < 4.78 is 13.6. The molecule has 0 saturated carbocycles. The van der Waals surface area contributed by atoms with Gasteiger partial charge in [-0.05, 0) is 36.4 Å². The normalized spacial score (nSPS) is 12.5. The first kappa shape index (κ1) is 14.6. The van der Waals surface area contributed by atoms with Crippen molar-refractivity contribution < 1.29 is 4.39 Å². The number of rotatable bonds is 3. The van der Waals surface area contributed by atoms with Crippen LogP contribution in [0.15, 0.2) is 36.4 Å². The Morgan fingerprint density at radius 1 is 1.05 bits per heavy atom. The molecule has 0 fully saturated rings. The Morgan fingerprint density at radius 3 is 2.42 bits per heavy atom. The Morgan fingerprint density at radius 2 is 1.79 bits per heavy atom. The fourth-order valence-electron chi connectivity index (χ4n) is 1.94. The molecule has 0 spiro atoms. The van der Waals surface area contributed by atoms with E-state index in [2.05, 4.69) is 5.32 Å². The van der Waals surface area contributed by atoms with E-state index in [9.17, 15) is 4.39 Å². The van der Waals surface area contributed by atoms with Crippen LogP contribution in [0, 0.1) is 5.82 Å². The van der Waals surface area contributed by atoms with Gasteiger partial charge in [-0.15, -0.1) is 0 Å². The van der Waals surface area contributed by atoms with Gasteiger partial charge in [-0.2, -0.15) is 0 Å². The highest BCUT2D eigenvalue weighted by Crippen LogP contribution is 2.33. The second-order valence-corrected chi connectivity index (χ2v) is 5.23. The lowest BCUT2D eigenvalue weighted by Gasteiger charge is -2.19. The number of hydrogen-bond donors (Lipinski definition) is 1. The summed E-state index contributed by atoms with van der Waals surface area (Å²) in [7, 11) is 1.77. The molecule has 2 rings (SSSR count). The summed E-state index contributed by atoms with van der Waals surface area (Å²) in [6.45, 7) is 0. The topological polar surface area (TPSA) is 12.0 Å². The fourth-order valence-corrected chi connectivity index (χ4v) is 2.47. The summed E-state index contributed by atoms with van der Waals surface area (Å²) in [4.78, 5) is 0. The van der Waals surface area contributed by atoms with Crippen molar-refractivity contribution in [2.75, 3.05) is 7.05 Å². The molecule has 0 saturated heterocycles. The average molecular weight is 319 g/mol. The highest BCUT2D eigenvalue weighted by Gasteiger charge is 2.17. The smallest absolute Gasteiger partial charge is 0.142 e. The van der Waals surface area contributed by atoms with E-state index < -0.39 is 5.82 Å². The van der Waals surface area contributed by atoms with E-state index in [0.29, 0.717) is 10.0 Å². The number of benzene rings is 2. The maximum atomic E-state index is 13.6. The van der Waals surface area contributed by atoms with Crippen molar-refractivity contribution in [3.8, 4) is 0 Å². The van der Waals surface area contributed by atoms with Crippen molar-refractivity contribution in [3.05, 3.63) is 68.4 Å². The average Bonchev–Trinajstić information content (AvgIpc) is 2.39. The summed E-state index contributed by atoms with van der Waals surface area (Å²) in [5.41, 5.74) is 1.52. The zero-order chi connectivity index (χ0) is 14.0. The van der Waals surface area contributed by atoms with E-state index in [-0.39, 0.29) is 11.1 Å². The summed E-state index contributed by atoms with van der Waals surface area (Å²) >= 11 is 17.9. The highest BCUT2D eigenvalue weighted by molar-refractivity contribution is 6.42. The second-order valence-electron chi connectivity index (χ2n) is 4.04. The molecular formula is C14H11Cl3FN. The minimum absolute atomic E-state index is 0.0933.